The molecule has 0 unspecified atom stereocenters. The topological polar surface area (TPSA) is 106 Å². The lowest BCUT2D eigenvalue weighted by Gasteiger charge is -2.06. The molecule has 2 N–H and O–H groups in total. The molecule has 9 heteroatoms. The Bertz CT molecular complexity index is 1180. The van der Waals surface area contributed by atoms with E-state index in [1.54, 1.807) is 42.5 Å². The molecule has 0 aliphatic heterocycles. The predicted octanol–water partition coefficient (Wildman–Crippen LogP) is 3.32. The lowest BCUT2D eigenvalue weighted by atomic mass is 10.2. The van der Waals surface area contributed by atoms with E-state index in [-0.39, 0.29) is 17.9 Å². The van der Waals surface area contributed by atoms with Crippen molar-refractivity contribution in [3.8, 4) is 11.5 Å². The van der Waals surface area contributed by atoms with Crippen LogP contribution in [0.2, 0.25) is 0 Å². The molecule has 0 aliphatic carbocycles. The van der Waals surface area contributed by atoms with Crippen LogP contribution in [0.25, 0.3) is 0 Å². The zero-order chi connectivity index (χ0) is 24.3. The van der Waals surface area contributed by atoms with Crippen molar-refractivity contribution in [3.05, 3.63) is 95.3 Å². The quantitative estimate of drug-likeness (QED) is 0.219. The maximum atomic E-state index is 13.7. The minimum absolute atomic E-state index is 0.162. The van der Waals surface area contributed by atoms with Crippen molar-refractivity contribution in [3.63, 3.8) is 0 Å². The third-order valence-corrected chi connectivity index (χ3v) is 4.42. The van der Waals surface area contributed by atoms with Gasteiger partial charge in [-0.1, -0.05) is 12.1 Å². The SMILES string of the molecule is CCOc1ccc(C(=O)NCC(=O)N/N=C\c2ccc(OC(=O)c3ccccc3F)cc2)cc1. The Morgan fingerprint density at radius 1 is 0.941 bits per heavy atom. The summed E-state index contributed by atoms with van der Waals surface area (Å²) in [4.78, 5) is 36.0. The summed E-state index contributed by atoms with van der Waals surface area (Å²) in [6.45, 7) is 2.14. The van der Waals surface area contributed by atoms with Crippen LogP contribution in [-0.4, -0.2) is 37.1 Å². The Hall–Kier alpha value is -4.53. The summed E-state index contributed by atoms with van der Waals surface area (Å²) < 4.78 is 24.1. The smallest absolute Gasteiger partial charge is 0.346 e. The largest absolute Gasteiger partial charge is 0.494 e. The molecule has 34 heavy (non-hydrogen) atoms. The van der Waals surface area contributed by atoms with E-state index in [9.17, 15) is 18.8 Å². The summed E-state index contributed by atoms with van der Waals surface area (Å²) in [6.07, 6.45) is 1.38. The van der Waals surface area contributed by atoms with Gasteiger partial charge >= 0.3 is 5.97 Å². The number of hydrogen-bond acceptors (Lipinski definition) is 6. The van der Waals surface area contributed by atoms with E-state index in [4.69, 9.17) is 9.47 Å². The summed E-state index contributed by atoms with van der Waals surface area (Å²) in [5, 5.41) is 6.33. The van der Waals surface area contributed by atoms with Gasteiger partial charge in [0, 0.05) is 5.56 Å². The van der Waals surface area contributed by atoms with E-state index in [1.165, 1.54) is 36.5 Å². The first kappa shape index (κ1) is 24.1. The van der Waals surface area contributed by atoms with Crippen molar-refractivity contribution in [2.75, 3.05) is 13.2 Å². The van der Waals surface area contributed by atoms with E-state index < -0.39 is 23.6 Å². The van der Waals surface area contributed by atoms with Gasteiger partial charge in [0.2, 0.25) is 0 Å². The number of halogens is 1. The molecule has 3 aromatic rings. The molecule has 0 radical (unpaired) electrons. The first-order valence-electron chi connectivity index (χ1n) is 10.4. The molecule has 0 atom stereocenters. The Balaban J connectivity index is 1.44. The monoisotopic (exact) mass is 463 g/mol. The standard InChI is InChI=1S/C25H22FN3O5/c1-2-33-19-13-9-18(10-14-19)24(31)27-16-23(30)29-28-15-17-7-11-20(12-8-17)34-25(32)21-5-3-4-6-22(21)26/h3-15H,2,16H2,1H3,(H,27,31)(H,29,30)/b28-15-. The Kier molecular flexibility index (Phi) is 8.45. The lowest BCUT2D eigenvalue weighted by Crippen LogP contribution is -2.34. The normalized spacial score (nSPS) is 10.5. The van der Waals surface area contributed by atoms with Crippen LogP contribution < -0.4 is 20.2 Å². The van der Waals surface area contributed by atoms with Gasteiger partial charge in [-0.2, -0.15) is 5.10 Å². The number of nitrogens with zero attached hydrogens (tertiary/aromatic N) is 1. The van der Waals surface area contributed by atoms with Crippen LogP contribution >= 0.6 is 0 Å². The predicted molar refractivity (Wildman–Crippen MR) is 123 cm³/mol. The Morgan fingerprint density at radius 3 is 2.29 bits per heavy atom. The maximum absolute atomic E-state index is 13.7. The van der Waals surface area contributed by atoms with Crippen molar-refractivity contribution >= 4 is 24.0 Å². The number of benzene rings is 3. The fraction of sp³-hybridized carbons (Fsp3) is 0.120. The second-order valence-electron chi connectivity index (χ2n) is 6.87. The van der Waals surface area contributed by atoms with E-state index in [2.05, 4.69) is 15.8 Å². The van der Waals surface area contributed by atoms with E-state index >= 15 is 0 Å². The van der Waals surface area contributed by atoms with Crippen LogP contribution in [-0.2, 0) is 4.79 Å². The molecule has 174 valence electrons. The van der Waals surface area contributed by atoms with E-state index in [0.717, 1.165) is 0 Å². The number of carbonyl (C=O) groups excluding carboxylic acids is 3. The number of nitrogens with one attached hydrogen (secondary N) is 2. The minimum atomic E-state index is -0.806. The van der Waals surface area contributed by atoms with E-state index in [1.807, 2.05) is 6.92 Å². The average Bonchev–Trinajstić information content (AvgIpc) is 2.84. The molecule has 0 fully saturated rings. The third kappa shape index (κ3) is 6.99. The number of rotatable bonds is 9. The van der Waals surface area contributed by atoms with Gasteiger partial charge in [0.1, 0.15) is 17.3 Å². The fourth-order valence-corrected chi connectivity index (χ4v) is 2.76. The van der Waals surface area contributed by atoms with Crippen molar-refractivity contribution in [1.29, 1.82) is 0 Å². The van der Waals surface area contributed by atoms with Gasteiger partial charge in [0.25, 0.3) is 11.8 Å². The van der Waals surface area contributed by atoms with Gasteiger partial charge in [-0.15, -0.1) is 0 Å². The highest BCUT2D eigenvalue weighted by molar-refractivity contribution is 5.96. The average molecular weight is 463 g/mol. The molecule has 0 heterocycles. The van der Waals surface area contributed by atoms with Crippen LogP contribution in [0.5, 0.6) is 11.5 Å². The summed E-state index contributed by atoms with van der Waals surface area (Å²) in [5.74, 6) is -1.50. The molecular weight excluding hydrogens is 441 g/mol. The van der Waals surface area contributed by atoms with Gasteiger partial charge in [-0.25, -0.2) is 14.6 Å². The van der Waals surface area contributed by atoms with Crippen LogP contribution in [0.4, 0.5) is 4.39 Å². The number of amides is 2. The molecule has 0 saturated carbocycles. The van der Waals surface area contributed by atoms with Crippen molar-refractivity contribution in [1.82, 2.24) is 10.7 Å². The zero-order valence-electron chi connectivity index (χ0n) is 18.3. The highest BCUT2D eigenvalue weighted by atomic mass is 19.1. The van der Waals surface area contributed by atoms with Gasteiger partial charge in [0.05, 0.1) is 24.9 Å². The van der Waals surface area contributed by atoms with Crippen molar-refractivity contribution < 1.29 is 28.2 Å². The van der Waals surface area contributed by atoms with E-state index in [0.29, 0.717) is 23.5 Å². The summed E-state index contributed by atoms with van der Waals surface area (Å²) in [7, 11) is 0. The van der Waals surface area contributed by atoms with Gasteiger partial charge < -0.3 is 14.8 Å². The number of ether oxygens (including phenoxy) is 2. The molecule has 0 spiro atoms. The summed E-state index contributed by atoms with van der Waals surface area (Å²) in [5.41, 5.74) is 3.16. The summed E-state index contributed by atoms with van der Waals surface area (Å²) in [6, 6.07) is 18.3. The van der Waals surface area contributed by atoms with Crippen LogP contribution in [0, 0.1) is 5.82 Å². The van der Waals surface area contributed by atoms with Crippen LogP contribution in [0.15, 0.2) is 77.9 Å². The number of carbonyl (C=O) groups is 3. The molecule has 0 saturated heterocycles. The van der Waals surface area contributed by atoms with Crippen molar-refractivity contribution in [2.45, 2.75) is 6.92 Å². The molecule has 2 amide bonds. The van der Waals surface area contributed by atoms with Gasteiger partial charge in [-0.3, -0.25) is 9.59 Å². The molecule has 0 bridgehead atoms. The third-order valence-electron chi connectivity index (χ3n) is 4.42. The first-order valence-corrected chi connectivity index (χ1v) is 10.4. The Morgan fingerprint density at radius 2 is 1.62 bits per heavy atom. The molecule has 3 aromatic carbocycles. The number of esters is 1. The molecule has 3 rings (SSSR count). The van der Waals surface area contributed by atoms with Crippen LogP contribution in [0.1, 0.15) is 33.2 Å². The van der Waals surface area contributed by atoms with Crippen molar-refractivity contribution in [2.24, 2.45) is 5.10 Å². The molecular formula is C25H22FN3O5. The summed E-state index contributed by atoms with van der Waals surface area (Å²) >= 11 is 0. The maximum Gasteiger partial charge on any atom is 0.346 e. The highest BCUT2D eigenvalue weighted by Crippen LogP contribution is 2.15. The minimum Gasteiger partial charge on any atom is -0.494 e. The second-order valence-corrected chi connectivity index (χ2v) is 6.87. The lowest BCUT2D eigenvalue weighted by molar-refractivity contribution is -0.120. The van der Waals surface area contributed by atoms with Gasteiger partial charge in [0.15, 0.2) is 0 Å². The highest BCUT2D eigenvalue weighted by Gasteiger charge is 2.13. The number of hydrogen-bond donors (Lipinski definition) is 2. The molecule has 0 aliphatic rings. The fourth-order valence-electron chi connectivity index (χ4n) is 2.76. The first-order chi connectivity index (χ1) is 16.5. The number of hydrazone groups is 1. The Labute approximate surface area is 195 Å². The van der Waals surface area contributed by atoms with Gasteiger partial charge in [-0.05, 0) is 73.2 Å². The molecule has 8 nitrogen and oxygen atoms in total. The second kappa shape index (κ2) is 11.9. The molecule has 0 aromatic heterocycles. The zero-order valence-corrected chi connectivity index (χ0v) is 18.3. The van der Waals surface area contributed by atoms with Crippen LogP contribution in [0.3, 0.4) is 0 Å².